The molecule has 7 heteroatoms. The Morgan fingerprint density at radius 2 is 1.91 bits per heavy atom. The van der Waals surface area contributed by atoms with Crippen LogP contribution in [0, 0.1) is 12.7 Å². The van der Waals surface area contributed by atoms with Crippen molar-refractivity contribution in [3.8, 4) is 11.3 Å². The largest absolute Gasteiger partial charge is 0.345 e. The van der Waals surface area contributed by atoms with Crippen LogP contribution in [-0.2, 0) is 11.8 Å². The van der Waals surface area contributed by atoms with E-state index in [9.17, 15) is 9.18 Å². The molecule has 0 fully saturated rings. The van der Waals surface area contributed by atoms with Gasteiger partial charge in [-0.15, -0.1) is 0 Å². The van der Waals surface area contributed by atoms with Crippen molar-refractivity contribution >= 4 is 34.6 Å². The second-order valence-corrected chi connectivity index (χ2v) is 11.0. The summed E-state index contributed by atoms with van der Waals surface area (Å²) >= 11 is 12.6. The number of halogens is 3. The quantitative estimate of drug-likeness (QED) is 0.291. The summed E-state index contributed by atoms with van der Waals surface area (Å²) in [6, 6.07) is 12.7. The molecule has 1 aliphatic carbocycles. The van der Waals surface area contributed by atoms with Crippen LogP contribution in [0.3, 0.4) is 0 Å². The smallest absolute Gasteiger partial charge is 0.253 e. The molecule has 0 radical (unpaired) electrons. The van der Waals surface area contributed by atoms with Crippen molar-refractivity contribution in [1.29, 1.82) is 0 Å². The van der Waals surface area contributed by atoms with E-state index in [-0.39, 0.29) is 27.4 Å². The molecule has 35 heavy (non-hydrogen) atoms. The molecule has 2 aromatic carbocycles. The second-order valence-electron chi connectivity index (χ2n) is 10.2. The number of amides is 1. The summed E-state index contributed by atoms with van der Waals surface area (Å²) < 4.78 is 16.0. The van der Waals surface area contributed by atoms with Crippen LogP contribution in [0.25, 0.3) is 16.8 Å². The summed E-state index contributed by atoms with van der Waals surface area (Å²) in [4.78, 5) is 13.6. The van der Waals surface area contributed by atoms with Gasteiger partial charge in [0.05, 0.1) is 39.1 Å². The number of aryl methyl sites for hydroxylation is 2. The summed E-state index contributed by atoms with van der Waals surface area (Å²) in [6.45, 7) is 8.12. The van der Waals surface area contributed by atoms with Gasteiger partial charge >= 0.3 is 0 Å². The minimum atomic E-state index is -0.479. The summed E-state index contributed by atoms with van der Waals surface area (Å²) in [5, 5.41) is 8.25. The van der Waals surface area contributed by atoms with Crippen molar-refractivity contribution < 1.29 is 9.18 Å². The number of nitrogens with zero attached hydrogens (tertiary/aromatic N) is 2. The number of carbonyl (C=O) groups excluding carboxylic acids is 1. The van der Waals surface area contributed by atoms with Gasteiger partial charge in [0.25, 0.3) is 5.91 Å². The van der Waals surface area contributed by atoms with E-state index in [1.54, 1.807) is 10.7 Å². The van der Waals surface area contributed by atoms with Gasteiger partial charge in [0.15, 0.2) is 0 Å². The van der Waals surface area contributed by atoms with Crippen LogP contribution in [0.5, 0.6) is 0 Å². The minimum absolute atomic E-state index is 0.0277. The highest BCUT2D eigenvalue weighted by molar-refractivity contribution is 6.43. The lowest BCUT2D eigenvalue weighted by Crippen LogP contribution is -2.30. The lowest BCUT2D eigenvalue weighted by atomic mass is 9.83. The first-order chi connectivity index (χ1) is 16.6. The summed E-state index contributed by atoms with van der Waals surface area (Å²) in [6.07, 6.45) is 3.42. The van der Waals surface area contributed by atoms with E-state index in [4.69, 9.17) is 23.2 Å². The van der Waals surface area contributed by atoms with Crippen molar-refractivity contribution in [2.24, 2.45) is 0 Å². The Morgan fingerprint density at radius 3 is 2.66 bits per heavy atom. The van der Waals surface area contributed by atoms with E-state index in [2.05, 4.69) is 43.3 Å². The zero-order chi connectivity index (χ0) is 25.1. The molecule has 0 saturated heterocycles. The molecule has 0 saturated carbocycles. The molecule has 2 heterocycles. The number of fused-ring (bicyclic) bond motifs is 2. The minimum Gasteiger partial charge on any atom is -0.345 e. The Morgan fingerprint density at radius 1 is 1.17 bits per heavy atom. The van der Waals surface area contributed by atoms with Crippen molar-refractivity contribution in [3.05, 3.63) is 92.3 Å². The lowest BCUT2D eigenvalue weighted by Gasteiger charge is -2.25. The summed E-state index contributed by atoms with van der Waals surface area (Å²) in [5.41, 5.74) is 6.22. The topological polar surface area (TPSA) is 46.4 Å². The predicted molar refractivity (Wildman–Crippen MR) is 139 cm³/mol. The molecule has 2 aromatic heterocycles. The fourth-order valence-corrected chi connectivity index (χ4v) is 5.60. The van der Waals surface area contributed by atoms with E-state index < -0.39 is 5.82 Å². The fourth-order valence-electron chi connectivity index (χ4n) is 5.20. The van der Waals surface area contributed by atoms with E-state index >= 15 is 0 Å². The molecule has 0 unspecified atom stereocenters. The summed E-state index contributed by atoms with van der Waals surface area (Å²) in [5.74, 6) is -0.633. The highest BCUT2D eigenvalue weighted by atomic mass is 35.5. The van der Waals surface area contributed by atoms with Gasteiger partial charge in [-0.1, -0.05) is 68.2 Å². The Balaban J connectivity index is 1.64. The Kier molecular flexibility index (Phi) is 5.89. The van der Waals surface area contributed by atoms with Crippen LogP contribution in [0.2, 0.25) is 10.0 Å². The summed E-state index contributed by atoms with van der Waals surface area (Å²) in [7, 11) is 0. The maximum Gasteiger partial charge on any atom is 0.253 e. The van der Waals surface area contributed by atoms with Gasteiger partial charge in [-0.3, -0.25) is 4.79 Å². The van der Waals surface area contributed by atoms with Crippen molar-refractivity contribution in [3.63, 3.8) is 0 Å². The van der Waals surface area contributed by atoms with E-state index in [0.717, 1.165) is 29.5 Å². The van der Waals surface area contributed by atoms with Gasteiger partial charge in [0.2, 0.25) is 0 Å². The normalized spacial score (nSPS) is 15.5. The lowest BCUT2D eigenvalue weighted by molar-refractivity contribution is 0.0934. The second kappa shape index (κ2) is 8.65. The van der Waals surface area contributed by atoms with Crippen LogP contribution < -0.4 is 5.32 Å². The van der Waals surface area contributed by atoms with Crippen LogP contribution in [0.1, 0.15) is 65.8 Å². The maximum absolute atomic E-state index is 14.2. The first kappa shape index (κ1) is 23.8. The zero-order valence-corrected chi connectivity index (χ0v) is 21.6. The highest BCUT2D eigenvalue weighted by Gasteiger charge is 2.30. The number of hydrogen-bond donors (Lipinski definition) is 1. The third kappa shape index (κ3) is 4.11. The van der Waals surface area contributed by atoms with Gasteiger partial charge in [-0.05, 0) is 65.6 Å². The van der Waals surface area contributed by atoms with Gasteiger partial charge in [-0.25, -0.2) is 8.91 Å². The zero-order valence-electron chi connectivity index (χ0n) is 20.0. The molecular formula is C28H26Cl2FN3O. The molecule has 4 nitrogen and oxygen atoms in total. The van der Waals surface area contributed by atoms with Crippen LogP contribution in [-0.4, -0.2) is 15.5 Å². The first-order valence-electron chi connectivity index (χ1n) is 11.6. The molecule has 5 rings (SSSR count). The Hall–Kier alpha value is -2.89. The number of hydrogen-bond acceptors (Lipinski definition) is 2. The molecule has 1 amide bonds. The monoisotopic (exact) mass is 509 g/mol. The molecule has 0 bridgehead atoms. The number of aromatic nitrogens is 2. The van der Waals surface area contributed by atoms with E-state index in [1.165, 1.54) is 23.3 Å². The van der Waals surface area contributed by atoms with Gasteiger partial charge in [0, 0.05) is 5.56 Å². The average Bonchev–Trinajstić information content (AvgIpc) is 3.34. The number of carbonyl (C=O) groups is 1. The molecule has 0 spiro atoms. The molecule has 0 aliphatic heterocycles. The van der Waals surface area contributed by atoms with Gasteiger partial charge < -0.3 is 5.32 Å². The van der Waals surface area contributed by atoms with Crippen LogP contribution >= 0.6 is 23.2 Å². The Labute approximate surface area is 214 Å². The van der Waals surface area contributed by atoms with Crippen molar-refractivity contribution in [2.75, 3.05) is 0 Å². The number of nitrogens with one attached hydrogen (secondary N) is 1. The molecular weight excluding hydrogens is 484 g/mol. The van der Waals surface area contributed by atoms with Crippen molar-refractivity contribution in [1.82, 2.24) is 14.9 Å². The SMILES string of the molecule is Cc1cc2c(C(C)(C)C)c(C(=O)N[C@H]3CCc4ccccc43)cnn2c1-c1cc(F)cc(Cl)c1Cl. The molecule has 1 aliphatic rings. The average molecular weight is 510 g/mol. The highest BCUT2D eigenvalue weighted by Crippen LogP contribution is 2.40. The van der Waals surface area contributed by atoms with E-state index in [0.29, 0.717) is 16.8 Å². The molecule has 1 atom stereocenters. The third-order valence-electron chi connectivity index (χ3n) is 6.68. The maximum atomic E-state index is 14.2. The fraction of sp³-hybridized carbons (Fsp3) is 0.286. The molecule has 180 valence electrons. The molecule has 4 aromatic rings. The van der Waals surface area contributed by atoms with Gasteiger partial charge in [-0.2, -0.15) is 5.10 Å². The van der Waals surface area contributed by atoms with Crippen LogP contribution in [0.15, 0.2) is 48.7 Å². The van der Waals surface area contributed by atoms with Crippen molar-refractivity contribution in [2.45, 2.75) is 52.0 Å². The van der Waals surface area contributed by atoms with Crippen LogP contribution in [0.4, 0.5) is 4.39 Å². The van der Waals surface area contributed by atoms with E-state index in [1.807, 2.05) is 25.1 Å². The number of rotatable bonds is 3. The first-order valence-corrected chi connectivity index (χ1v) is 12.4. The third-order valence-corrected chi connectivity index (χ3v) is 7.48. The predicted octanol–water partition coefficient (Wildman–Crippen LogP) is 7.47. The Bertz CT molecular complexity index is 1490. The molecule has 1 N–H and O–H groups in total. The number of benzene rings is 2. The standard InChI is InChI=1S/C28H26Cl2FN3O/c1-15-11-23-24(28(2,3)4)20(27(35)33-22-10-9-16-7-5-6-8-18(16)22)14-32-34(23)26(15)19-12-17(31)13-21(29)25(19)30/h5-8,11-14,22H,9-10H2,1-4H3,(H,33,35)/t22-/m0/s1. The van der Waals surface area contributed by atoms with Gasteiger partial charge in [0.1, 0.15) is 5.82 Å².